The third-order valence-corrected chi connectivity index (χ3v) is 3.45. The van der Waals surface area contributed by atoms with Gasteiger partial charge < -0.3 is 15.1 Å². The quantitative estimate of drug-likeness (QED) is 0.823. The van der Waals surface area contributed by atoms with Crippen molar-refractivity contribution in [3.8, 4) is 0 Å². The highest BCUT2D eigenvalue weighted by atomic mass is 16.2. The number of likely N-dealkylation sites (N-methyl/N-ethyl adjacent to an activating group) is 1. The molecule has 3 amide bonds. The maximum absolute atomic E-state index is 12.0. The van der Waals surface area contributed by atoms with Gasteiger partial charge in [0.2, 0.25) is 5.91 Å². The molecule has 1 aliphatic rings. The van der Waals surface area contributed by atoms with Crippen molar-refractivity contribution >= 4 is 11.9 Å². The Morgan fingerprint density at radius 1 is 1.50 bits per heavy atom. The topological polar surface area (TPSA) is 70.5 Å². The Hall–Kier alpha value is -2.05. The zero-order valence-electron chi connectivity index (χ0n) is 12.2. The summed E-state index contributed by atoms with van der Waals surface area (Å²) in [5.74, 6) is -0.0522. The van der Waals surface area contributed by atoms with Crippen molar-refractivity contribution in [1.82, 2.24) is 24.9 Å². The SMILES string of the molecule is Cc1cc(C)n(CCN(C)C(=O)CN2CCNC2=O)n1. The van der Waals surface area contributed by atoms with Gasteiger partial charge in [-0.1, -0.05) is 0 Å². The average molecular weight is 279 g/mol. The Balaban J connectivity index is 1.82. The Morgan fingerprint density at radius 3 is 2.80 bits per heavy atom. The predicted molar refractivity (Wildman–Crippen MR) is 74.3 cm³/mol. The minimum absolute atomic E-state index is 0.0522. The van der Waals surface area contributed by atoms with E-state index in [0.29, 0.717) is 26.2 Å². The normalized spacial score (nSPS) is 14.6. The maximum atomic E-state index is 12.0. The monoisotopic (exact) mass is 279 g/mol. The molecule has 0 spiro atoms. The highest BCUT2D eigenvalue weighted by Crippen LogP contribution is 2.02. The molecule has 0 radical (unpaired) electrons. The van der Waals surface area contributed by atoms with E-state index >= 15 is 0 Å². The van der Waals surface area contributed by atoms with Gasteiger partial charge >= 0.3 is 6.03 Å². The van der Waals surface area contributed by atoms with E-state index in [4.69, 9.17) is 0 Å². The van der Waals surface area contributed by atoms with Gasteiger partial charge in [-0.25, -0.2) is 4.79 Å². The number of aryl methyl sites for hydroxylation is 2. The average Bonchev–Trinajstić information content (AvgIpc) is 2.93. The van der Waals surface area contributed by atoms with Crippen LogP contribution in [-0.4, -0.2) is 64.7 Å². The first-order valence-electron chi connectivity index (χ1n) is 6.75. The molecule has 0 bridgehead atoms. The van der Waals surface area contributed by atoms with Crippen molar-refractivity contribution in [2.75, 3.05) is 33.2 Å². The molecule has 0 saturated carbocycles. The largest absolute Gasteiger partial charge is 0.342 e. The highest BCUT2D eigenvalue weighted by molar-refractivity contribution is 5.84. The van der Waals surface area contributed by atoms with E-state index < -0.39 is 0 Å². The van der Waals surface area contributed by atoms with Gasteiger partial charge in [-0.3, -0.25) is 9.48 Å². The van der Waals surface area contributed by atoms with Crippen molar-refractivity contribution < 1.29 is 9.59 Å². The van der Waals surface area contributed by atoms with Crippen molar-refractivity contribution in [2.45, 2.75) is 20.4 Å². The number of carbonyl (C=O) groups excluding carboxylic acids is 2. The van der Waals surface area contributed by atoms with Gasteiger partial charge in [0.25, 0.3) is 0 Å². The summed E-state index contributed by atoms with van der Waals surface area (Å²) in [4.78, 5) is 26.6. The summed E-state index contributed by atoms with van der Waals surface area (Å²) >= 11 is 0. The first kappa shape index (κ1) is 14.4. The van der Waals surface area contributed by atoms with Crippen LogP contribution in [0.15, 0.2) is 6.07 Å². The molecule has 1 fully saturated rings. The van der Waals surface area contributed by atoms with Crippen molar-refractivity contribution in [3.05, 3.63) is 17.5 Å². The van der Waals surface area contributed by atoms with Crippen molar-refractivity contribution in [3.63, 3.8) is 0 Å². The Kier molecular flexibility index (Phi) is 4.26. The Bertz CT molecular complexity index is 511. The van der Waals surface area contributed by atoms with Crippen LogP contribution in [0.1, 0.15) is 11.4 Å². The lowest BCUT2D eigenvalue weighted by molar-refractivity contribution is -0.130. The van der Waals surface area contributed by atoms with Crippen molar-refractivity contribution in [1.29, 1.82) is 0 Å². The summed E-state index contributed by atoms with van der Waals surface area (Å²) in [7, 11) is 1.75. The van der Waals surface area contributed by atoms with E-state index in [1.165, 1.54) is 4.90 Å². The number of carbonyl (C=O) groups is 2. The van der Waals surface area contributed by atoms with E-state index in [2.05, 4.69) is 10.4 Å². The van der Waals surface area contributed by atoms with Gasteiger partial charge in [0, 0.05) is 32.4 Å². The molecule has 0 atom stereocenters. The molecule has 2 heterocycles. The van der Waals surface area contributed by atoms with Crippen LogP contribution in [0.5, 0.6) is 0 Å². The Morgan fingerprint density at radius 2 is 2.25 bits per heavy atom. The summed E-state index contributed by atoms with van der Waals surface area (Å²) < 4.78 is 1.89. The van der Waals surface area contributed by atoms with Gasteiger partial charge in [-0.05, 0) is 19.9 Å². The fraction of sp³-hybridized carbons (Fsp3) is 0.615. The van der Waals surface area contributed by atoms with Gasteiger partial charge in [-0.2, -0.15) is 5.10 Å². The number of nitrogens with one attached hydrogen (secondary N) is 1. The van der Waals surface area contributed by atoms with Crippen LogP contribution in [0.4, 0.5) is 4.79 Å². The lowest BCUT2D eigenvalue weighted by Gasteiger charge is -2.21. The summed E-state index contributed by atoms with van der Waals surface area (Å²) in [5, 5.41) is 7.05. The molecule has 20 heavy (non-hydrogen) atoms. The van der Waals surface area contributed by atoms with Crippen LogP contribution < -0.4 is 5.32 Å². The minimum atomic E-state index is -0.162. The van der Waals surface area contributed by atoms with E-state index in [1.807, 2.05) is 24.6 Å². The lowest BCUT2D eigenvalue weighted by atomic mass is 10.4. The fourth-order valence-electron chi connectivity index (χ4n) is 2.22. The first-order chi connectivity index (χ1) is 9.47. The molecule has 1 aliphatic heterocycles. The number of rotatable bonds is 5. The van der Waals surface area contributed by atoms with E-state index in [9.17, 15) is 9.59 Å². The molecule has 0 unspecified atom stereocenters. The standard InChI is InChI=1S/C13H21N5O2/c1-10-8-11(2)18(15-10)7-6-16(3)12(19)9-17-5-4-14-13(17)20/h8H,4-7,9H2,1-3H3,(H,14,20). The molecule has 1 N–H and O–H groups in total. The smallest absolute Gasteiger partial charge is 0.317 e. The van der Waals surface area contributed by atoms with Gasteiger partial charge in [-0.15, -0.1) is 0 Å². The van der Waals surface area contributed by atoms with Gasteiger partial charge in [0.05, 0.1) is 12.2 Å². The number of aromatic nitrogens is 2. The Labute approximate surface area is 118 Å². The van der Waals surface area contributed by atoms with Crippen molar-refractivity contribution in [2.24, 2.45) is 0 Å². The maximum Gasteiger partial charge on any atom is 0.317 e. The third kappa shape index (κ3) is 3.28. The van der Waals surface area contributed by atoms with Crippen LogP contribution in [0.25, 0.3) is 0 Å². The summed E-state index contributed by atoms with van der Waals surface area (Å²) in [6.45, 7) is 6.53. The highest BCUT2D eigenvalue weighted by Gasteiger charge is 2.23. The number of hydrogen-bond acceptors (Lipinski definition) is 3. The number of urea groups is 1. The lowest BCUT2D eigenvalue weighted by Crippen LogP contribution is -2.41. The second kappa shape index (κ2) is 5.94. The number of nitrogens with zero attached hydrogens (tertiary/aromatic N) is 4. The molecule has 110 valence electrons. The van der Waals surface area contributed by atoms with Crippen LogP contribution in [-0.2, 0) is 11.3 Å². The van der Waals surface area contributed by atoms with Gasteiger partial charge in [0.15, 0.2) is 0 Å². The summed E-state index contributed by atoms with van der Waals surface area (Å²) in [6, 6.07) is 1.85. The fourth-order valence-corrected chi connectivity index (χ4v) is 2.22. The van der Waals surface area contributed by atoms with E-state index in [1.54, 1.807) is 11.9 Å². The second-order valence-corrected chi connectivity index (χ2v) is 5.12. The third-order valence-electron chi connectivity index (χ3n) is 3.45. The summed E-state index contributed by atoms with van der Waals surface area (Å²) in [6.07, 6.45) is 0. The molecule has 1 aromatic heterocycles. The number of amides is 3. The first-order valence-corrected chi connectivity index (χ1v) is 6.75. The number of hydrogen-bond donors (Lipinski definition) is 1. The van der Waals surface area contributed by atoms with Crippen LogP contribution in [0.2, 0.25) is 0 Å². The predicted octanol–water partition coefficient (Wildman–Crippen LogP) is -0.0165. The molecule has 7 heteroatoms. The minimum Gasteiger partial charge on any atom is -0.342 e. The molecule has 7 nitrogen and oxygen atoms in total. The zero-order chi connectivity index (χ0) is 14.7. The van der Waals surface area contributed by atoms with Crippen LogP contribution >= 0.6 is 0 Å². The summed E-state index contributed by atoms with van der Waals surface area (Å²) in [5.41, 5.74) is 2.06. The van der Waals surface area contributed by atoms with Crippen LogP contribution in [0, 0.1) is 13.8 Å². The van der Waals surface area contributed by atoms with Gasteiger partial charge in [0.1, 0.15) is 6.54 Å². The van der Waals surface area contributed by atoms with E-state index in [-0.39, 0.29) is 18.5 Å². The molecule has 0 aliphatic carbocycles. The van der Waals surface area contributed by atoms with Crippen LogP contribution in [0.3, 0.4) is 0 Å². The van der Waals surface area contributed by atoms with E-state index in [0.717, 1.165) is 11.4 Å². The molecular weight excluding hydrogens is 258 g/mol. The molecule has 1 aromatic rings. The molecule has 0 aromatic carbocycles. The molecule has 2 rings (SSSR count). The molecular formula is C13H21N5O2. The second-order valence-electron chi connectivity index (χ2n) is 5.12. The zero-order valence-corrected chi connectivity index (χ0v) is 12.2. The molecule has 1 saturated heterocycles.